The summed E-state index contributed by atoms with van der Waals surface area (Å²) in [6, 6.07) is 14.4. The predicted molar refractivity (Wildman–Crippen MR) is 113 cm³/mol. The van der Waals surface area contributed by atoms with Gasteiger partial charge in [-0.1, -0.05) is 47.4 Å². The highest BCUT2D eigenvalue weighted by Crippen LogP contribution is 2.30. The normalized spacial score (nSPS) is 15.8. The number of amides is 1. The largest absolute Gasteiger partial charge is 0.349 e. The third-order valence-electron chi connectivity index (χ3n) is 4.63. The van der Waals surface area contributed by atoms with E-state index in [4.69, 9.17) is 12.2 Å². The van der Waals surface area contributed by atoms with Crippen LogP contribution in [0.4, 0.5) is 4.39 Å². The summed E-state index contributed by atoms with van der Waals surface area (Å²) in [6.45, 7) is 0. The molecule has 1 heterocycles. The fraction of sp³-hybridized carbons (Fsp3) is 0.250. The number of hydrogen-bond donors (Lipinski definition) is 1. The zero-order valence-corrected chi connectivity index (χ0v) is 17.4. The number of halogens is 1. The van der Waals surface area contributed by atoms with E-state index in [-0.39, 0.29) is 23.5 Å². The topological polar surface area (TPSA) is 46.9 Å². The van der Waals surface area contributed by atoms with Gasteiger partial charge in [-0.15, -0.1) is 5.10 Å². The van der Waals surface area contributed by atoms with Crippen molar-refractivity contribution >= 4 is 41.2 Å². The Hall–Kier alpha value is -2.03. The van der Waals surface area contributed by atoms with E-state index in [1.54, 1.807) is 16.8 Å². The van der Waals surface area contributed by atoms with Crippen LogP contribution in [0.3, 0.4) is 0 Å². The summed E-state index contributed by atoms with van der Waals surface area (Å²) < 4.78 is 16.0. The number of carbonyl (C=O) groups excluding carboxylic acids is 1. The van der Waals surface area contributed by atoms with Crippen LogP contribution in [0.2, 0.25) is 0 Å². The molecule has 0 bridgehead atoms. The second kappa shape index (κ2) is 8.55. The minimum absolute atomic E-state index is 0.0128. The van der Waals surface area contributed by atoms with Crippen molar-refractivity contribution in [1.82, 2.24) is 15.1 Å². The van der Waals surface area contributed by atoms with Gasteiger partial charge in [0.05, 0.1) is 17.5 Å². The van der Waals surface area contributed by atoms with E-state index >= 15 is 0 Å². The smallest absolute Gasteiger partial charge is 0.230 e. The fourth-order valence-electron chi connectivity index (χ4n) is 3.33. The molecular formula is C20H18FN3OS3. The molecule has 0 saturated carbocycles. The molecule has 0 fully saturated rings. The van der Waals surface area contributed by atoms with E-state index in [1.807, 2.05) is 12.1 Å². The third kappa shape index (κ3) is 4.34. The molecule has 1 aliphatic rings. The average molecular weight is 432 g/mol. The summed E-state index contributed by atoms with van der Waals surface area (Å²) in [5, 5.41) is 7.60. The van der Waals surface area contributed by atoms with E-state index in [2.05, 4.69) is 22.5 Å². The van der Waals surface area contributed by atoms with E-state index < -0.39 is 0 Å². The van der Waals surface area contributed by atoms with Gasteiger partial charge in [-0.3, -0.25) is 4.79 Å². The van der Waals surface area contributed by atoms with Gasteiger partial charge in [0.25, 0.3) is 0 Å². The van der Waals surface area contributed by atoms with E-state index in [1.165, 1.54) is 46.4 Å². The Morgan fingerprint density at radius 2 is 2.07 bits per heavy atom. The van der Waals surface area contributed by atoms with Crippen molar-refractivity contribution in [2.24, 2.45) is 0 Å². The molecule has 0 saturated heterocycles. The molecule has 3 aromatic rings. The van der Waals surface area contributed by atoms with E-state index in [9.17, 15) is 9.18 Å². The summed E-state index contributed by atoms with van der Waals surface area (Å²) in [5.74, 6) is -0.0353. The zero-order valence-electron chi connectivity index (χ0n) is 14.9. The van der Waals surface area contributed by atoms with Crippen LogP contribution in [0.1, 0.15) is 30.0 Å². The first-order chi connectivity index (χ1) is 13.6. The minimum atomic E-state index is -0.305. The molecule has 1 unspecified atom stereocenters. The summed E-state index contributed by atoms with van der Waals surface area (Å²) in [7, 11) is 0. The second-order valence-corrected chi connectivity index (χ2v) is 9.37. The lowest BCUT2D eigenvalue weighted by Gasteiger charge is -2.26. The maximum atomic E-state index is 13.1. The van der Waals surface area contributed by atoms with E-state index in [0.717, 1.165) is 19.3 Å². The molecule has 1 aromatic heterocycles. The number of nitrogens with one attached hydrogen (secondary N) is 1. The lowest BCUT2D eigenvalue weighted by atomic mass is 9.88. The zero-order chi connectivity index (χ0) is 19.5. The van der Waals surface area contributed by atoms with Gasteiger partial charge in [0.15, 0.2) is 8.29 Å². The Kier molecular flexibility index (Phi) is 5.89. The Labute approximate surface area is 175 Å². The summed E-state index contributed by atoms with van der Waals surface area (Å²) >= 11 is 8.06. The second-order valence-electron chi connectivity index (χ2n) is 6.52. The number of aromatic nitrogens is 2. The molecule has 144 valence electrons. The maximum Gasteiger partial charge on any atom is 0.230 e. The molecule has 0 aliphatic heterocycles. The van der Waals surface area contributed by atoms with Gasteiger partial charge < -0.3 is 5.32 Å². The molecular weight excluding hydrogens is 413 g/mol. The van der Waals surface area contributed by atoms with Crippen molar-refractivity contribution in [2.75, 3.05) is 5.75 Å². The lowest BCUT2D eigenvalue weighted by Crippen LogP contribution is -2.32. The first kappa shape index (κ1) is 19.3. The number of carbonyl (C=O) groups is 1. The summed E-state index contributed by atoms with van der Waals surface area (Å²) in [4.78, 5) is 12.5. The van der Waals surface area contributed by atoms with Crippen LogP contribution in [0, 0.1) is 9.77 Å². The molecule has 2 aromatic carbocycles. The monoisotopic (exact) mass is 431 g/mol. The molecule has 1 atom stereocenters. The van der Waals surface area contributed by atoms with E-state index in [0.29, 0.717) is 14.0 Å². The van der Waals surface area contributed by atoms with Crippen LogP contribution in [0.25, 0.3) is 5.69 Å². The van der Waals surface area contributed by atoms with Crippen LogP contribution < -0.4 is 5.32 Å². The highest BCUT2D eigenvalue weighted by molar-refractivity contribution is 8.01. The first-order valence-electron chi connectivity index (χ1n) is 8.96. The highest BCUT2D eigenvalue weighted by atomic mass is 32.2. The summed E-state index contributed by atoms with van der Waals surface area (Å²) in [6.07, 6.45) is 3.12. The Balaban J connectivity index is 1.39. The molecule has 1 N–H and O–H groups in total. The van der Waals surface area contributed by atoms with Crippen molar-refractivity contribution in [2.45, 2.75) is 29.6 Å². The maximum absolute atomic E-state index is 13.1. The molecule has 4 nitrogen and oxygen atoms in total. The molecule has 1 amide bonds. The summed E-state index contributed by atoms with van der Waals surface area (Å²) in [5.41, 5.74) is 3.25. The van der Waals surface area contributed by atoms with Crippen molar-refractivity contribution in [3.8, 4) is 5.69 Å². The number of nitrogens with zero attached hydrogens (tertiary/aromatic N) is 2. The Morgan fingerprint density at radius 1 is 1.29 bits per heavy atom. The number of rotatable bonds is 5. The highest BCUT2D eigenvalue weighted by Gasteiger charge is 2.21. The molecule has 0 radical (unpaired) electrons. The van der Waals surface area contributed by atoms with Crippen LogP contribution in [-0.4, -0.2) is 21.4 Å². The molecule has 8 heteroatoms. The van der Waals surface area contributed by atoms with Crippen molar-refractivity contribution in [3.05, 3.63) is 69.4 Å². The van der Waals surface area contributed by atoms with Gasteiger partial charge in [-0.2, -0.15) is 0 Å². The fourth-order valence-corrected chi connectivity index (χ4v) is 5.50. The van der Waals surface area contributed by atoms with Crippen molar-refractivity contribution in [1.29, 1.82) is 0 Å². The van der Waals surface area contributed by atoms with Gasteiger partial charge in [-0.05, 0) is 66.9 Å². The first-order valence-corrected chi connectivity index (χ1v) is 11.2. The molecule has 1 aliphatic carbocycles. The number of aryl methyl sites for hydroxylation is 1. The van der Waals surface area contributed by atoms with Crippen LogP contribution in [0.5, 0.6) is 0 Å². The third-order valence-corrected chi connectivity index (χ3v) is 7.00. The average Bonchev–Trinajstić information content (AvgIpc) is 3.08. The van der Waals surface area contributed by atoms with Gasteiger partial charge >= 0.3 is 0 Å². The standard InChI is InChI=1S/C20H18FN3OS3/c21-14-8-10-15(11-9-14)24-20(26)28-19(23-24)27-12-18(25)22-17-7-3-5-13-4-1-2-6-16(13)17/h1-2,4,6,8-11,17H,3,5,7,12H2,(H,22,25). The SMILES string of the molecule is O=C(CSc1nn(-c2ccc(F)cc2)c(=S)s1)NC1CCCc2ccccc21. The molecule has 4 rings (SSSR count). The van der Waals surface area contributed by atoms with Crippen LogP contribution in [0.15, 0.2) is 52.9 Å². The van der Waals surface area contributed by atoms with Crippen LogP contribution in [-0.2, 0) is 11.2 Å². The molecule has 28 heavy (non-hydrogen) atoms. The number of thioether (sulfide) groups is 1. The molecule has 0 spiro atoms. The van der Waals surface area contributed by atoms with Crippen molar-refractivity contribution < 1.29 is 9.18 Å². The number of hydrogen-bond acceptors (Lipinski definition) is 5. The van der Waals surface area contributed by atoms with Crippen molar-refractivity contribution in [3.63, 3.8) is 0 Å². The van der Waals surface area contributed by atoms with Gasteiger partial charge in [-0.25, -0.2) is 9.07 Å². The Bertz CT molecular complexity index is 1050. The number of benzene rings is 2. The lowest BCUT2D eigenvalue weighted by molar-refractivity contribution is -0.119. The number of fused-ring (bicyclic) bond motifs is 1. The van der Waals surface area contributed by atoms with Gasteiger partial charge in [0.1, 0.15) is 5.82 Å². The quantitative estimate of drug-likeness (QED) is 0.452. The predicted octanol–water partition coefficient (Wildman–Crippen LogP) is 5.09. The van der Waals surface area contributed by atoms with Crippen LogP contribution >= 0.6 is 35.3 Å². The van der Waals surface area contributed by atoms with Gasteiger partial charge in [0.2, 0.25) is 5.91 Å². The van der Waals surface area contributed by atoms with Gasteiger partial charge in [0, 0.05) is 0 Å². The minimum Gasteiger partial charge on any atom is -0.349 e. The Morgan fingerprint density at radius 3 is 2.89 bits per heavy atom.